The topological polar surface area (TPSA) is 0 Å². The number of hydrogen-bond acceptors (Lipinski definition) is 0. The van der Waals surface area contributed by atoms with Gasteiger partial charge in [0.2, 0.25) is 0 Å². The minimum Gasteiger partial charge on any atom is -0.0807 e. The van der Waals surface area contributed by atoms with E-state index in [0.717, 1.165) is 18.3 Å². The van der Waals surface area contributed by atoms with Gasteiger partial charge in [-0.1, -0.05) is 198 Å². The number of hydrogen-bond donors (Lipinski definition) is 0. The van der Waals surface area contributed by atoms with Crippen LogP contribution in [0.15, 0.2) is 78.4 Å². The van der Waals surface area contributed by atoms with E-state index in [9.17, 15) is 0 Å². The van der Waals surface area contributed by atoms with Gasteiger partial charge in [-0.15, -0.1) is 0 Å². The van der Waals surface area contributed by atoms with Crippen LogP contribution in [0.3, 0.4) is 0 Å². The highest BCUT2D eigenvalue weighted by molar-refractivity contribution is 5.41. The van der Waals surface area contributed by atoms with Crippen molar-refractivity contribution in [3.63, 3.8) is 0 Å². The van der Waals surface area contributed by atoms with Crippen LogP contribution in [0.5, 0.6) is 0 Å². The minimum absolute atomic E-state index is 0.0600. The van der Waals surface area contributed by atoms with Crippen LogP contribution in [-0.4, -0.2) is 0 Å². The zero-order valence-corrected chi connectivity index (χ0v) is 32.7. The van der Waals surface area contributed by atoms with Gasteiger partial charge in [0, 0.05) is 5.41 Å². The molecule has 0 aliphatic heterocycles. The predicted octanol–water partition coefficient (Wildman–Crippen LogP) is 14.6. The molecule has 1 atom stereocenters. The summed E-state index contributed by atoms with van der Waals surface area (Å²) in [5, 5.41) is 0. The van der Waals surface area contributed by atoms with E-state index in [1.807, 2.05) is 13.8 Å². The van der Waals surface area contributed by atoms with E-state index in [1.54, 1.807) is 0 Å². The molecule has 0 aromatic heterocycles. The lowest BCUT2D eigenvalue weighted by molar-refractivity contribution is 0.283. The molecule has 1 aliphatic carbocycles. The number of benzene rings is 2. The van der Waals surface area contributed by atoms with Crippen molar-refractivity contribution < 1.29 is 0 Å². The van der Waals surface area contributed by atoms with E-state index >= 15 is 0 Å². The van der Waals surface area contributed by atoms with Crippen molar-refractivity contribution in [3.05, 3.63) is 106 Å². The van der Waals surface area contributed by atoms with Gasteiger partial charge in [0.05, 0.1) is 0 Å². The fraction of sp³-hybridized carbons (Fsp3) is 0.591. The van der Waals surface area contributed by atoms with Gasteiger partial charge in [0.15, 0.2) is 0 Å². The standard InChI is InChI=1S/C18H22.C9H20.C8H10.C7H16.C2H6/c1-13-6-8-16(9-7-13)18(4,5)17-11-14(2)10-15(3)12-17;1-6-8(2)7-9(3,4)5;1-8-6-4-2-3-5-7-8;1-6(2)7(3,4)5;1-2/h6-12H,1-5H3;8H,6-7H2,1-5H3;2,4-7H,3H2,1H3;6H,1-5H3;1-2H3. The summed E-state index contributed by atoms with van der Waals surface area (Å²) in [5.41, 5.74) is 9.17. The summed E-state index contributed by atoms with van der Waals surface area (Å²) < 4.78 is 0. The molecule has 0 bridgehead atoms. The lowest BCUT2D eigenvalue weighted by Crippen LogP contribution is -2.19. The Hall–Kier alpha value is -2.34. The van der Waals surface area contributed by atoms with E-state index in [-0.39, 0.29) is 5.41 Å². The van der Waals surface area contributed by atoms with Crippen molar-refractivity contribution >= 4 is 0 Å². The van der Waals surface area contributed by atoms with Gasteiger partial charge in [-0.2, -0.15) is 0 Å². The summed E-state index contributed by atoms with van der Waals surface area (Å²) in [6.45, 7) is 40.0. The zero-order valence-electron chi connectivity index (χ0n) is 32.7. The third-order valence-corrected chi connectivity index (χ3v) is 8.25. The van der Waals surface area contributed by atoms with Crippen LogP contribution in [0, 0.1) is 43.4 Å². The molecule has 2 aromatic carbocycles. The molecule has 0 amide bonds. The summed E-state index contributed by atoms with van der Waals surface area (Å²) >= 11 is 0. The van der Waals surface area contributed by atoms with E-state index in [1.165, 1.54) is 46.2 Å². The Morgan fingerprint density at radius 3 is 1.52 bits per heavy atom. The van der Waals surface area contributed by atoms with Crippen molar-refractivity contribution in [2.45, 2.75) is 149 Å². The molecule has 1 unspecified atom stereocenters. The molecule has 0 heteroatoms. The van der Waals surface area contributed by atoms with Crippen LogP contribution in [-0.2, 0) is 5.41 Å². The van der Waals surface area contributed by atoms with Gasteiger partial charge in [0.1, 0.15) is 0 Å². The summed E-state index contributed by atoms with van der Waals surface area (Å²) in [6, 6.07) is 15.7. The smallest absolute Gasteiger partial charge is 0.0146 e. The molecule has 0 saturated carbocycles. The molecule has 2 aromatic rings. The molecular formula is C44H74. The van der Waals surface area contributed by atoms with Crippen LogP contribution >= 0.6 is 0 Å². The van der Waals surface area contributed by atoms with Crippen LogP contribution in [0.25, 0.3) is 0 Å². The third-order valence-electron chi connectivity index (χ3n) is 8.25. The predicted molar refractivity (Wildman–Crippen MR) is 205 cm³/mol. The van der Waals surface area contributed by atoms with Crippen LogP contribution in [0.1, 0.15) is 151 Å². The second-order valence-electron chi connectivity index (χ2n) is 15.6. The maximum absolute atomic E-state index is 2.32. The Balaban J connectivity index is 0. The first-order valence-electron chi connectivity index (χ1n) is 17.3. The van der Waals surface area contributed by atoms with Gasteiger partial charge in [-0.05, 0) is 74.3 Å². The highest BCUT2D eigenvalue weighted by atomic mass is 14.3. The lowest BCUT2D eigenvalue weighted by atomic mass is 9.77. The molecule has 0 nitrogen and oxygen atoms in total. The zero-order chi connectivity index (χ0) is 34.7. The fourth-order valence-corrected chi connectivity index (χ4v) is 4.35. The normalized spacial score (nSPS) is 13.4. The molecule has 0 N–H and O–H groups in total. The molecule has 0 spiro atoms. The fourth-order valence-electron chi connectivity index (χ4n) is 4.35. The van der Waals surface area contributed by atoms with E-state index < -0.39 is 0 Å². The van der Waals surface area contributed by atoms with Crippen molar-refractivity contribution in [1.82, 2.24) is 0 Å². The molecule has 1 aliphatic rings. The molecule has 0 heterocycles. The molecule has 0 saturated heterocycles. The van der Waals surface area contributed by atoms with E-state index in [0.29, 0.717) is 10.8 Å². The number of allylic oxidation sites excluding steroid dienone is 6. The maximum atomic E-state index is 2.32. The van der Waals surface area contributed by atoms with Crippen molar-refractivity contribution in [1.29, 1.82) is 0 Å². The van der Waals surface area contributed by atoms with Gasteiger partial charge in [-0.25, -0.2) is 0 Å². The molecule has 3 rings (SSSR count). The first-order valence-corrected chi connectivity index (χ1v) is 17.3. The molecule has 44 heavy (non-hydrogen) atoms. The van der Waals surface area contributed by atoms with E-state index in [2.05, 4.69) is 184 Å². The summed E-state index contributed by atoms with van der Waals surface area (Å²) in [4.78, 5) is 0. The highest BCUT2D eigenvalue weighted by Crippen LogP contribution is 2.32. The molecule has 250 valence electrons. The minimum atomic E-state index is 0.0600. The SMILES string of the molecule is CC.CC(C)C(C)(C)C.CC1=CC=CCC=C1.CCC(C)CC(C)(C)C.Cc1ccc(C(C)(C)c2cc(C)cc(C)c2)cc1. The highest BCUT2D eigenvalue weighted by Gasteiger charge is 2.23. The van der Waals surface area contributed by atoms with Crippen LogP contribution < -0.4 is 0 Å². The molecule has 0 fully saturated rings. The Labute approximate surface area is 277 Å². The second kappa shape index (κ2) is 21.4. The summed E-state index contributed by atoms with van der Waals surface area (Å²) in [6.07, 6.45) is 14.4. The Morgan fingerprint density at radius 1 is 0.659 bits per heavy atom. The Bertz CT molecular complexity index is 1080. The van der Waals surface area contributed by atoms with Gasteiger partial charge in [-0.3, -0.25) is 0 Å². The van der Waals surface area contributed by atoms with Gasteiger partial charge in [0.25, 0.3) is 0 Å². The first-order chi connectivity index (χ1) is 20.2. The average molecular weight is 603 g/mol. The molecular weight excluding hydrogens is 528 g/mol. The van der Waals surface area contributed by atoms with Crippen molar-refractivity contribution in [2.75, 3.05) is 0 Å². The number of aryl methyl sites for hydroxylation is 3. The third kappa shape index (κ3) is 20.6. The lowest BCUT2D eigenvalue weighted by Gasteiger charge is -2.27. The maximum Gasteiger partial charge on any atom is 0.0146 e. The monoisotopic (exact) mass is 603 g/mol. The van der Waals surface area contributed by atoms with E-state index in [4.69, 9.17) is 0 Å². The number of rotatable bonds is 4. The first kappa shape index (κ1) is 43.8. The Kier molecular flexibility index (Phi) is 21.3. The Morgan fingerprint density at radius 2 is 1.14 bits per heavy atom. The average Bonchev–Trinajstić information content (AvgIpc) is 3.16. The van der Waals surface area contributed by atoms with Crippen molar-refractivity contribution in [2.24, 2.45) is 22.7 Å². The summed E-state index contributed by atoms with van der Waals surface area (Å²) in [7, 11) is 0. The second-order valence-corrected chi connectivity index (χ2v) is 15.6. The quantitative estimate of drug-likeness (QED) is 0.326. The largest absolute Gasteiger partial charge is 0.0807 e. The molecule has 0 radical (unpaired) electrons. The van der Waals surface area contributed by atoms with Crippen LogP contribution in [0.2, 0.25) is 0 Å². The summed E-state index contributed by atoms with van der Waals surface area (Å²) in [5.74, 6) is 1.69. The van der Waals surface area contributed by atoms with Gasteiger partial charge < -0.3 is 0 Å². The van der Waals surface area contributed by atoms with Crippen molar-refractivity contribution in [3.8, 4) is 0 Å². The van der Waals surface area contributed by atoms with Gasteiger partial charge >= 0.3 is 0 Å². The van der Waals surface area contributed by atoms with Crippen LogP contribution in [0.4, 0.5) is 0 Å².